The largest absolute Gasteiger partial charge is 0.756 e. The van der Waals surface area contributed by atoms with Crippen LogP contribution < -0.4 is 4.89 Å². The smallest absolute Gasteiger partial charge is 0.306 e. The highest BCUT2D eigenvalue weighted by Gasteiger charge is 2.21. The number of carbonyl (C=O) groups is 2. The first kappa shape index (κ1) is 60.2. The third kappa shape index (κ3) is 47.7. The van der Waals surface area contributed by atoms with Crippen molar-refractivity contribution in [3.05, 3.63) is 36.5 Å². The quantitative estimate of drug-likeness (QED) is 0.0195. The highest BCUT2D eigenvalue weighted by Crippen LogP contribution is 2.38. The molecule has 0 aliphatic heterocycles. The molecule has 364 valence electrons. The van der Waals surface area contributed by atoms with E-state index in [2.05, 4.69) is 50.3 Å². The fraction of sp³-hybridized carbons (Fsp3) is 0.846. The van der Waals surface area contributed by atoms with Gasteiger partial charge in [-0.05, 0) is 70.6 Å². The van der Waals surface area contributed by atoms with Gasteiger partial charge in [0.2, 0.25) is 0 Å². The van der Waals surface area contributed by atoms with Crippen LogP contribution in [0.1, 0.15) is 232 Å². The number of nitrogens with zero attached hydrogens (tertiary/aromatic N) is 1. The third-order valence-electron chi connectivity index (χ3n) is 11.1. The number of ether oxygens (including phenoxy) is 2. The SMILES string of the molecule is CCCCC/C=C/C/C=C/CCCCCCCCCC(=O)OC[C@H](COP(=O)([O-])OCC[N+](C)(C)C)OC(=O)CCCCCCCCCCCCC/C=C/CCCCCCCC. The van der Waals surface area contributed by atoms with Gasteiger partial charge in [-0.1, -0.05) is 185 Å². The Bertz CT molecular complexity index is 1150. The Kier molecular flexibility index (Phi) is 43.2. The van der Waals surface area contributed by atoms with Crippen molar-refractivity contribution >= 4 is 19.8 Å². The van der Waals surface area contributed by atoms with Gasteiger partial charge in [-0.15, -0.1) is 0 Å². The molecule has 1 unspecified atom stereocenters. The number of allylic oxidation sites excluding steroid dienone is 6. The van der Waals surface area contributed by atoms with Gasteiger partial charge in [0, 0.05) is 12.8 Å². The van der Waals surface area contributed by atoms with Crippen LogP contribution >= 0.6 is 7.82 Å². The Morgan fingerprint density at radius 1 is 0.500 bits per heavy atom. The van der Waals surface area contributed by atoms with Crippen LogP contribution in [0.2, 0.25) is 0 Å². The van der Waals surface area contributed by atoms with E-state index < -0.39 is 26.5 Å². The lowest BCUT2D eigenvalue weighted by Crippen LogP contribution is -2.37. The number of phosphoric acid groups is 1. The first-order valence-corrected chi connectivity index (χ1v) is 27.2. The first-order valence-electron chi connectivity index (χ1n) is 25.7. The molecule has 0 N–H and O–H groups in total. The average molecular weight is 896 g/mol. The molecule has 2 atom stereocenters. The summed E-state index contributed by atoms with van der Waals surface area (Å²) in [5, 5.41) is 0. The van der Waals surface area contributed by atoms with Gasteiger partial charge in [-0.3, -0.25) is 14.2 Å². The molecule has 10 heteroatoms. The van der Waals surface area contributed by atoms with E-state index in [1.165, 1.54) is 141 Å². The normalized spacial score (nSPS) is 13.7. The maximum absolute atomic E-state index is 12.7. The minimum atomic E-state index is -4.63. The molecule has 0 heterocycles. The van der Waals surface area contributed by atoms with E-state index >= 15 is 0 Å². The molecule has 0 saturated carbocycles. The number of esters is 2. The van der Waals surface area contributed by atoms with Crippen molar-refractivity contribution in [3.63, 3.8) is 0 Å². The fourth-order valence-electron chi connectivity index (χ4n) is 7.09. The molecule has 0 aromatic carbocycles. The van der Waals surface area contributed by atoms with Crippen molar-refractivity contribution in [2.45, 2.75) is 238 Å². The number of likely N-dealkylation sites (N-methyl/N-ethyl adjacent to an activating group) is 1. The predicted octanol–water partition coefficient (Wildman–Crippen LogP) is 14.6. The van der Waals surface area contributed by atoms with E-state index in [1.54, 1.807) is 0 Å². The van der Waals surface area contributed by atoms with Gasteiger partial charge in [0.25, 0.3) is 7.82 Å². The Hall–Kier alpha value is -1.77. The summed E-state index contributed by atoms with van der Waals surface area (Å²) in [6, 6.07) is 0. The van der Waals surface area contributed by atoms with Crippen molar-refractivity contribution in [1.29, 1.82) is 0 Å². The van der Waals surface area contributed by atoms with Gasteiger partial charge in [0.05, 0.1) is 27.7 Å². The van der Waals surface area contributed by atoms with E-state index in [0.717, 1.165) is 57.8 Å². The van der Waals surface area contributed by atoms with Crippen LogP contribution in [0.3, 0.4) is 0 Å². The van der Waals surface area contributed by atoms with E-state index in [0.29, 0.717) is 17.4 Å². The van der Waals surface area contributed by atoms with Crippen LogP contribution in [0.5, 0.6) is 0 Å². The molecule has 0 fully saturated rings. The van der Waals surface area contributed by atoms with Crippen LogP contribution in [0, 0.1) is 0 Å². The monoisotopic (exact) mass is 896 g/mol. The molecular formula is C52H98NO8P. The van der Waals surface area contributed by atoms with E-state index in [1.807, 2.05) is 21.1 Å². The standard InChI is InChI=1S/C52H98NO8P/c1-6-8-10-12-14-16-18-20-22-24-25-26-27-29-31-33-35-37-39-41-43-45-52(55)61-50(49-60-62(56,57)59-47-46-53(3,4)5)48-58-51(54)44-42-40-38-36-34-32-30-28-23-21-19-17-15-13-11-9-7-2/h15,17,20-23,50H,6-14,16,18-19,24-49H2,1-5H3/b17-15+,22-20+,23-21+/t50-/m1/s1. The fourth-order valence-corrected chi connectivity index (χ4v) is 7.82. The Balaban J connectivity index is 4.25. The molecule has 0 aromatic rings. The van der Waals surface area contributed by atoms with Gasteiger partial charge in [-0.2, -0.15) is 0 Å². The molecule has 9 nitrogen and oxygen atoms in total. The molecule has 0 rings (SSSR count). The second kappa shape index (κ2) is 44.4. The van der Waals surface area contributed by atoms with Crippen molar-refractivity contribution in [2.24, 2.45) is 0 Å². The summed E-state index contributed by atoms with van der Waals surface area (Å²) < 4.78 is 34.0. The summed E-state index contributed by atoms with van der Waals surface area (Å²) in [6.45, 7) is 4.22. The molecule has 0 spiro atoms. The lowest BCUT2D eigenvalue weighted by atomic mass is 10.0. The van der Waals surface area contributed by atoms with Crippen molar-refractivity contribution in [2.75, 3.05) is 47.5 Å². The highest BCUT2D eigenvalue weighted by atomic mass is 31.2. The minimum Gasteiger partial charge on any atom is -0.756 e. The second-order valence-electron chi connectivity index (χ2n) is 18.5. The molecule has 62 heavy (non-hydrogen) atoms. The lowest BCUT2D eigenvalue weighted by Gasteiger charge is -2.28. The van der Waals surface area contributed by atoms with Gasteiger partial charge in [0.1, 0.15) is 19.8 Å². The average Bonchev–Trinajstić information content (AvgIpc) is 3.23. The molecule has 0 aromatic heterocycles. The van der Waals surface area contributed by atoms with Crippen LogP contribution in [0.15, 0.2) is 36.5 Å². The molecule has 0 amide bonds. The number of phosphoric ester groups is 1. The number of hydrogen-bond acceptors (Lipinski definition) is 8. The summed E-state index contributed by atoms with van der Waals surface area (Å²) in [7, 11) is 1.16. The molecule has 0 radical (unpaired) electrons. The van der Waals surface area contributed by atoms with Gasteiger partial charge in [0.15, 0.2) is 6.10 Å². The molecular weight excluding hydrogens is 798 g/mol. The topological polar surface area (TPSA) is 111 Å². The van der Waals surface area contributed by atoms with E-state index in [-0.39, 0.29) is 32.0 Å². The lowest BCUT2D eigenvalue weighted by molar-refractivity contribution is -0.870. The number of rotatable bonds is 47. The van der Waals surface area contributed by atoms with Crippen LogP contribution in [0.4, 0.5) is 0 Å². The minimum absolute atomic E-state index is 0.0318. The molecule has 0 bridgehead atoms. The van der Waals surface area contributed by atoms with E-state index in [9.17, 15) is 19.0 Å². The summed E-state index contributed by atoms with van der Waals surface area (Å²) >= 11 is 0. The van der Waals surface area contributed by atoms with E-state index in [4.69, 9.17) is 18.5 Å². The van der Waals surface area contributed by atoms with Gasteiger partial charge >= 0.3 is 11.9 Å². The number of carbonyl (C=O) groups excluding carboxylic acids is 2. The Morgan fingerprint density at radius 2 is 0.871 bits per heavy atom. The summed E-state index contributed by atoms with van der Waals surface area (Å²) in [5.41, 5.74) is 0. The highest BCUT2D eigenvalue weighted by molar-refractivity contribution is 7.45. The number of unbranched alkanes of at least 4 members (excludes halogenated alkanes) is 27. The number of quaternary nitrogens is 1. The molecule has 0 saturated heterocycles. The maximum atomic E-state index is 12.7. The summed E-state index contributed by atoms with van der Waals surface area (Å²) in [6.07, 6.45) is 51.7. The molecule has 0 aliphatic rings. The van der Waals surface area contributed by atoms with Crippen LogP contribution in [-0.4, -0.2) is 70.0 Å². The predicted molar refractivity (Wildman–Crippen MR) is 259 cm³/mol. The van der Waals surface area contributed by atoms with Crippen molar-refractivity contribution in [3.8, 4) is 0 Å². The summed E-state index contributed by atoms with van der Waals surface area (Å²) in [5.74, 6) is -0.837. The van der Waals surface area contributed by atoms with Crippen LogP contribution in [0.25, 0.3) is 0 Å². The Morgan fingerprint density at radius 3 is 1.32 bits per heavy atom. The van der Waals surface area contributed by atoms with Gasteiger partial charge in [-0.25, -0.2) is 0 Å². The summed E-state index contributed by atoms with van der Waals surface area (Å²) in [4.78, 5) is 37.7. The Labute approximate surface area is 382 Å². The second-order valence-corrected chi connectivity index (χ2v) is 19.9. The van der Waals surface area contributed by atoms with Crippen LogP contribution in [-0.2, 0) is 32.7 Å². The van der Waals surface area contributed by atoms with Gasteiger partial charge < -0.3 is 27.9 Å². The molecule has 0 aliphatic carbocycles. The van der Waals surface area contributed by atoms with Crippen molar-refractivity contribution < 1.29 is 42.1 Å². The zero-order valence-electron chi connectivity index (χ0n) is 41.1. The zero-order chi connectivity index (χ0) is 45.7. The maximum Gasteiger partial charge on any atom is 0.306 e. The third-order valence-corrected chi connectivity index (χ3v) is 12.1. The zero-order valence-corrected chi connectivity index (χ0v) is 42.0. The van der Waals surface area contributed by atoms with Crippen molar-refractivity contribution in [1.82, 2.24) is 0 Å². The number of hydrogen-bond donors (Lipinski definition) is 0. The first-order chi connectivity index (χ1) is 30.0.